The van der Waals surface area contributed by atoms with Crippen LogP contribution in [0.2, 0.25) is 0 Å². The van der Waals surface area contributed by atoms with Gasteiger partial charge in [0.2, 0.25) is 0 Å². The van der Waals surface area contributed by atoms with E-state index in [1.165, 1.54) is 18.1 Å². The summed E-state index contributed by atoms with van der Waals surface area (Å²) in [6, 6.07) is 1.57. The predicted octanol–water partition coefficient (Wildman–Crippen LogP) is 6.63. The largest absolute Gasteiger partial charge is 0.463 e. The Hall–Kier alpha value is -2.82. The highest BCUT2D eigenvalue weighted by Gasteiger charge is 2.24. The molecule has 0 amide bonds. The quantitative estimate of drug-likeness (QED) is 0.224. The van der Waals surface area contributed by atoms with Crippen LogP contribution in [-0.4, -0.2) is 23.8 Å². The average Bonchev–Trinajstić information content (AvgIpc) is 2.82. The Morgan fingerprint density at radius 3 is 2.56 bits per heavy atom. The van der Waals surface area contributed by atoms with Crippen LogP contribution in [0.4, 0.5) is 4.39 Å². The lowest BCUT2D eigenvalue weighted by Crippen LogP contribution is -2.13. The third kappa shape index (κ3) is 4.98. The van der Waals surface area contributed by atoms with Gasteiger partial charge in [-0.1, -0.05) is 33.3 Å². The van der Waals surface area contributed by atoms with Gasteiger partial charge >= 0.3 is 0 Å². The number of ketones is 1. The van der Waals surface area contributed by atoms with Crippen LogP contribution in [-0.2, 0) is 33.6 Å². The molecule has 5 heteroatoms. The van der Waals surface area contributed by atoms with Crippen LogP contribution < -0.4 is 0 Å². The number of hydrogen-bond donors (Lipinski definition) is 0. The van der Waals surface area contributed by atoms with Crippen LogP contribution in [0, 0.1) is 18.7 Å². The van der Waals surface area contributed by atoms with E-state index in [9.17, 15) is 14.0 Å². The zero-order valence-electron chi connectivity index (χ0n) is 21.3. The smallest absolute Gasteiger partial charge is 0.293 e. The van der Waals surface area contributed by atoms with E-state index in [0.717, 1.165) is 71.9 Å². The molecule has 0 saturated carbocycles. The summed E-state index contributed by atoms with van der Waals surface area (Å²) in [5.41, 5.74) is 8.25. The maximum Gasteiger partial charge on any atom is 0.293 e. The summed E-state index contributed by atoms with van der Waals surface area (Å²) in [6.07, 6.45) is 7.59. The second-order valence-corrected chi connectivity index (χ2v) is 9.41. The first kappa shape index (κ1) is 25.8. The summed E-state index contributed by atoms with van der Waals surface area (Å²) in [6.45, 7) is 12.0. The second kappa shape index (κ2) is 11.1. The number of benzene rings is 1. The maximum atomic E-state index is 14.8. The molecular weight excluding hydrogens is 429 g/mol. The standard InChI is InChI=1S/C29H36FNO3/c1-7-10-23-22-12-9-11-21-19(5)26(30)14-27(28(21)22)31-29(23)18(4)13-24(17(3)8-2)25(20(6)33)15-34-16-32/h13-14,16-17H,7-12,15H2,1-6H3/b18-13+,25-24+/t17-/m1/s1. The van der Waals surface area contributed by atoms with E-state index in [-0.39, 0.29) is 24.1 Å². The molecule has 4 nitrogen and oxygen atoms in total. The predicted molar refractivity (Wildman–Crippen MR) is 135 cm³/mol. The molecule has 2 aromatic rings. The van der Waals surface area contributed by atoms with Gasteiger partial charge in [0.25, 0.3) is 6.47 Å². The average molecular weight is 466 g/mol. The van der Waals surface area contributed by atoms with Crippen molar-refractivity contribution in [3.05, 3.63) is 57.1 Å². The molecule has 0 saturated heterocycles. The van der Waals surface area contributed by atoms with Crippen molar-refractivity contribution < 1.29 is 18.7 Å². The number of aromatic nitrogens is 1. The Morgan fingerprint density at radius 1 is 1.24 bits per heavy atom. The molecule has 0 fully saturated rings. The van der Waals surface area contributed by atoms with Gasteiger partial charge in [-0.3, -0.25) is 9.59 Å². The van der Waals surface area contributed by atoms with Crippen molar-refractivity contribution in [3.63, 3.8) is 0 Å². The van der Waals surface area contributed by atoms with Crippen molar-refractivity contribution in [2.75, 3.05) is 6.61 Å². The summed E-state index contributed by atoms with van der Waals surface area (Å²) < 4.78 is 19.7. The third-order valence-corrected chi connectivity index (χ3v) is 7.13. The van der Waals surface area contributed by atoms with Crippen molar-refractivity contribution in [2.24, 2.45) is 5.92 Å². The molecule has 1 heterocycles. The molecule has 1 atom stereocenters. The number of hydrogen-bond acceptors (Lipinski definition) is 4. The lowest BCUT2D eigenvalue weighted by atomic mass is 9.82. The van der Waals surface area contributed by atoms with Crippen molar-refractivity contribution in [1.29, 1.82) is 0 Å². The molecule has 0 bridgehead atoms. The minimum absolute atomic E-state index is 0.0473. The number of ether oxygens (including phenoxy) is 1. The number of aryl methyl sites for hydroxylation is 2. The Bertz CT molecular complexity index is 1180. The molecule has 0 spiro atoms. The minimum atomic E-state index is -0.205. The van der Waals surface area contributed by atoms with Crippen molar-refractivity contribution in [2.45, 2.75) is 80.1 Å². The molecule has 0 N–H and O–H groups in total. The van der Waals surface area contributed by atoms with E-state index < -0.39 is 0 Å². The van der Waals surface area contributed by atoms with Gasteiger partial charge in [-0.2, -0.15) is 0 Å². The first-order valence-electron chi connectivity index (χ1n) is 12.4. The number of halogens is 1. The molecule has 3 rings (SSSR count). The Morgan fingerprint density at radius 2 is 1.94 bits per heavy atom. The van der Waals surface area contributed by atoms with Crippen LogP contribution in [0.25, 0.3) is 16.5 Å². The minimum Gasteiger partial charge on any atom is -0.463 e. The van der Waals surface area contributed by atoms with Crippen LogP contribution >= 0.6 is 0 Å². The van der Waals surface area contributed by atoms with Crippen LogP contribution in [0.15, 0.2) is 23.3 Å². The number of Topliss-reactive ketones (excluding diaryl/α,β-unsaturated/α-hetero) is 1. The first-order chi connectivity index (χ1) is 16.2. The lowest BCUT2D eigenvalue weighted by molar-refractivity contribution is -0.128. The molecule has 0 aliphatic heterocycles. The number of nitrogens with zero attached hydrogens (tertiary/aromatic N) is 1. The summed E-state index contributed by atoms with van der Waals surface area (Å²) in [4.78, 5) is 28.3. The van der Waals surface area contributed by atoms with Gasteiger partial charge in [-0.15, -0.1) is 0 Å². The number of pyridine rings is 1. The highest BCUT2D eigenvalue weighted by atomic mass is 19.1. The van der Waals surface area contributed by atoms with Crippen LogP contribution in [0.1, 0.15) is 81.8 Å². The summed E-state index contributed by atoms with van der Waals surface area (Å²) in [7, 11) is 0. The second-order valence-electron chi connectivity index (χ2n) is 9.41. The highest BCUT2D eigenvalue weighted by Crippen LogP contribution is 2.38. The van der Waals surface area contributed by atoms with Crippen LogP contribution in [0.3, 0.4) is 0 Å². The topological polar surface area (TPSA) is 56.3 Å². The molecule has 1 aromatic heterocycles. The van der Waals surface area contributed by atoms with Crippen molar-refractivity contribution in [3.8, 4) is 0 Å². The maximum absolute atomic E-state index is 14.8. The molecule has 1 aliphatic rings. The molecule has 34 heavy (non-hydrogen) atoms. The molecule has 1 aromatic carbocycles. The normalized spacial score (nSPS) is 15.2. The van der Waals surface area contributed by atoms with Crippen molar-refractivity contribution >= 4 is 28.7 Å². The molecular formula is C29H36FNO3. The zero-order chi connectivity index (χ0) is 25.0. The van der Waals surface area contributed by atoms with E-state index in [1.54, 1.807) is 6.07 Å². The number of carbonyl (C=O) groups excluding carboxylic acids is 2. The summed E-state index contributed by atoms with van der Waals surface area (Å²) >= 11 is 0. The van der Waals surface area contributed by atoms with Crippen LogP contribution in [0.5, 0.6) is 0 Å². The zero-order valence-corrected chi connectivity index (χ0v) is 21.3. The summed E-state index contributed by atoms with van der Waals surface area (Å²) in [5, 5.41) is 1.13. The van der Waals surface area contributed by atoms with E-state index in [2.05, 4.69) is 20.8 Å². The van der Waals surface area contributed by atoms with Gasteiger partial charge in [-0.05, 0) is 92.2 Å². The fourth-order valence-electron chi connectivity index (χ4n) is 5.12. The van der Waals surface area contributed by atoms with Gasteiger partial charge in [0.1, 0.15) is 12.4 Å². The number of rotatable bonds is 10. The summed E-state index contributed by atoms with van der Waals surface area (Å²) in [5.74, 6) is -0.216. The third-order valence-electron chi connectivity index (χ3n) is 7.13. The number of allylic oxidation sites excluding steroid dienone is 3. The Balaban J connectivity index is 2.31. The number of carbonyl (C=O) groups is 2. The fourth-order valence-corrected chi connectivity index (χ4v) is 5.12. The Labute approximate surface area is 202 Å². The van der Waals surface area contributed by atoms with Crippen molar-refractivity contribution in [1.82, 2.24) is 4.98 Å². The lowest BCUT2D eigenvalue weighted by Gasteiger charge is -2.25. The van der Waals surface area contributed by atoms with Gasteiger partial charge in [0.15, 0.2) is 5.78 Å². The highest BCUT2D eigenvalue weighted by molar-refractivity contribution is 5.96. The fraction of sp³-hybridized carbons (Fsp3) is 0.483. The van der Waals surface area contributed by atoms with Gasteiger partial charge < -0.3 is 4.74 Å². The molecule has 182 valence electrons. The molecule has 0 unspecified atom stereocenters. The van der Waals surface area contributed by atoms with E-state index in [1.807, 2.05) is 19.9 Å². The monoisotopic (exact) mass is 465 g/mol. The van der Waals surface area contributed by atoms with Gasteiger partial charge in [0, 0.05) is 17.0 Å². The van der Waals surface area contributed by atoms with Gasteiger partial charge in [0.05, 0.1) is 11.2 Å². The SMILES string of the molecule is CCCc1c(/C(C)=C/C(=C(/COC=O)C(C)=O)[C@H](C)CC)nc2cc(F)c(C)c3c2c1CCC3. The molecule has 1 aliphatic carbocycles. The van der Waals surface area contributed by atoms with E-state index >= 15 is 0 Å². The first-order valence-corrected chi connectivity index (χ1v) is 12.4. The van der Waals surface area contributed by atoms with E-state index in [4.69, 9.17) is 9.72 Å². The molecule has 0 radical (unpaired) electrons. The Kier molecular flexibility index (Phi) is 8.40. The van der Waals surface area contributed by atoms with E-state index in [0.29, 0.717) is 17.6 Å². The van der Waals surface area contributed by atoms with Gasteiger partial charge in [-0.25, -0.2) is 9.37 Å².